The fraction of sp³-hybridized carbons (Fsp3) is 0.609. The maximum atomic E-state index is 14.8. The van der Waals surface area contributed by atoms with Crippen LogP contribution in [0.5, 0.6) is 0 Å². The number of thiophene rings is 1. The summed E-state index contributed by atoms with van der Waals surface area (Å²) in [5.74, 6) is -0.405. The largest absolute Gasteiger partial charge is 0.420 e. The minimum absolute atomic E-state index is 0.0629. The number of hydrogen-bond acceptors (Lipinski definition) is 8. The molecule has 9 nitrogen and oxygen atoms in total. The molecule has 0 radical (unpaired) electrons. The van der Waals surface area contributed by atoms with Crippen LogP contribution in [-0.4, -0.2) is 84.7 Å². The van der Waals surface area contributed by atoms with Gasteiger partial charge in [-0.25, -0.2) is 22.8 Å². The van der Waals surface area contributed by atoms with Crippen molar-refractivity contribution < 1.29 is 30.8 Å². The molecule has 4 atom stereocenters. The van der Waals surface area contributed by atoms with Crippen LogP contribution in [0.1, 0.15) is 47.0 Å². The van der Waals surface area contributed by atoms with E-state index in [1.54, 1.807) is 4.90 Å². The lowest BCUT2D eigenvalue weighted by molar-refractivity contribution is -0.137. The van der Waals surface area contributed by atoms with Crippen molar-refractivity contribution in [3.8, 4) is 10.6 Å². The van der Waals surface area contributed by atoms with Crippen LogP contribution in [-0.2, 0) is 21.7 Å². The molecule has 2 saturated heterocycles. The number of hydrogen-bond donors (Lipinski definition) is 2. The van der Waals surface area contributed by atoms with Crippen LogP contribution >= 0.6 is 11.3 Å². The van der Waals surface area contributed by atoms with Crippen molar-refractivity contribution in [1.82, 2.24) is 24.5 Å². The zero-order chi connectivity index (χ0) is 27.6. The monoisotopic (exact) mass is 576 g/mol. The SMILES string of the molecule is CCC12CC(NC)CN1C(=O)c1cc(-c3nc(N[C@H]4CCN(S(C)(=O)=O)C[C@H]4F)ncc3C(F)(F)F)sc12. The molecular formula is C23H28F4N6O3S2. The van der Waals surface area contributed by atoms with Crippen LogP contribution in [0.25, 0.3) is 10.6 Å². The van der Waals surface area contributed by atoms with Crippen molar-refractivity contribution >= 4 is 33.2 Å². The summed E-state index contributed by atoms with van der Waals surface area (Å²) in [5, 5.41) is 5.95. The Balaban J connectivity index is 1.49. The molecule has 5 rings (SSSR count). The molecule has 5 heterocycles. The number of likely N-dealkylation sites (N-methyl/N-ethyl adjacent to an activating group) is 1. The highest BCUT2D eigenvalue weighted by Gasteiger charge is 2.55. The van der Waals surface area contributed by atoms with Crippen LogP contribution in [0, 0.1) is 0 Å². The van der Waals surface area contributed by atoms with Crippen LogP contribution in [0.15, 0.2) is 12.3 Å². The van der Waals surface area contributed by atoms with Gasteiger partial charge in [-0.05, 0) is 32.4 Å². The summed E-state index contributed by atoms with van der Waals surface area (Å²) >= 11 is 1.12. The molecule has 2 aromatic heterocycles. The zero-order valence-electron chi connectivity index (χ0n) is 21.0. The molecule has 0 bridgehead atoms. The Kier molecular flexibility index (Phi) is 6.72. The number of rotatable bonds is 6. The van der Waals surface area contributed by atoms with E-state index in [9.17, 15) is 30.8 Å². The van der Waals surface area contributed by atoms with Gasteiger partial charge in [-0.3, -0.25) is 4.79 Å². The van der Waals surface area contributed by atoms with Crippen molar-refractivity contribution in [2.45, 2.75) is 56.2 Å². The molecule has 38 heavy (non-hydrogen) atoms. The van der Waals surface area contributed by atoms with Gasteiger partial charge in [0.05, 0.1) is 34.0 Å². The average molecular weight is 577 g/mol. The number of amides is 1. The molecule has 1 amide bonds. The number of anilines is 1. The molecule has 0 aliphatic carbocycles. The van der Waals surface area contributed by atoms with Crippen LogP contribution in [0.3, 0.4) is 0 Å². The summed E-state index contributed by atoms with van der Waals surface area (Å²) in [6.07, 6.45) is -3.33. The van der Waals surface area contributed by atoms with E-state index in [-0.39, 0.29) is 48.0 Å². The standard InChI is InChI=1S/C23H28F4N6O3S2/c1-4-22-8-12(28-2)10-33(22)20(34)13-7-17(37-19(13)22)18-14(23(25,26)27)9-29-21(31-18)30-16-5-6-32(11-15(16)24)38(3,35)36/h7,9,12,15-16,28H,4-6,8,10-11H2,1-3H3,(H,29,30,31)/t12?,15-,16+,22?/m1/s1. The lowest BCUT2D eigenvalue weighted by Gasteiger charge is -2.33. The summed E-state index contributed by atoms with van der Waals surface area (Å²) in [4.78, 5) is 23.9. The van der Waals surface area contributed by atoms with E-state index < -0.39 is 39.5 Å². The summed E-state index contributed by atoms with van der Waals surface area (Å²) in [7, 11) is -1.75. The van der Waals surface area contributed by atoms with Crippen molar-refractivity contribution in [3.05, 3.63) is 28.3 Å². The molecule has 3 aliphatic rings. The molecule has 15 heteroatoms. The molecular weight excluding hydrogens is 548 g/mol. The Hall–Kier alpha value is -2.36. The number of sulfonamides is 1. The summed E-state index contributed by atoms with van der Waals surface area (Å²) < 4.78 is 81.2. The number of carbonyl (C=O) groups excluding carboxylic acids is 1. The highest BCUT2D eigenvalue weighted by molar-refractivity contribution is 7.88. The van der Waals surface area contributed by atoms with Gasteiger partial charge >= 0.3 is 6.18 Å². The minimum atomic E-state index is -4.76. The maximum Gasteiger partial charge on any atom is 0.420 e. The molecule has 0 aromatic carbocycles. The van der Waals surface area contributed by atoms with E-state index >= 15 is 0 Å². The second kappa shape index (κ2) is 9.38. The number of halogens is 4. The van der Waals surface area contributed by atoms with Gasteiger partial charge in [0, 0.05) is 36.8 Å². The van der Waals surface area contributed by atoms with E-state index in [0.717, 1.165) is 26.8 Å². The fourth-order valence-electron chi connectivity index (χ4n) is 5.67. The summed E-state index contributed by atoms with van der Waals surface area (Å²) in [5.41, 5.74) is -1.63. The molecule has 208 valence electrons. The molecule has 2 N–H and O–H groups in total. The van der Waals surface area contributed by atoms with Gasteiger partial charge in [0.1, 0.15) is 11.7 Å². The number of carbonyl (C=O) groups is 1. The predicted octanol–water partition coefficient (Wildman–Crippen LogP) is 3.06. The maximum absolute atomic E-state index is 14.8. The molecule has 0 saturated carbocycles. The normalized spacial score (nSPS) is 28.0. The van der Waals surface area contributed by atoms with E-state index in [1.807, 2.05) is 14.0 Å². The Morgan fingerprint density at radius 1 is 1.29 bits per heavy atom. The lowest BCUT2D eigenvalue weighted by atomic mass is 9.91. The number of fused-ring (bicyclic) bond motifs is 3. The minimum Gasteiger partial charge on any atom is -0.348 e. The zero-order valence-corrected chi connectivity index (χ0v) is 22.6. The van der Waals surface area contributed by atoms with Crippen LogP contribution in [0.2, 0.25) is 0 Å². The van der Waals surface area contributed by atoms with Crippen molar-refractivity contribution in [2.24, 2.45) is 0 Å². The second-order valence-corrected chi connectivity index (χ2v) is 13.0. The van der Waals surface area contributed by atoms with Gasteiger partial charge in [0.15, 0.2) is 0 Å². The molecule has 2 fully saturated rings. The molecule has 0 spiro atoms. The van der Waals surface area contributed by atoms with Gasteiger partial charge in [-0.2, -0.15) is 17.5 Å². The third-order valence-electron chi connectivity index (χ3n) is 7.74. The van der Waals surface area contributed by atoms with Gasteiger partial charge in [0.2, 0.25) is 16.0 Å². The van der Waals surface area contributed by atoms with Crippen molar-refractivity contribution in [1.29, 1.82) is 0 Å². The van der Waals surface area contributed by atoms with E-state index in [2.05, 4.69) is 20.6 Å². The van der Waals surface area contributed by atoms with Crippen molar-refractivity contribution in [3.63, 3.8) is 0 Å². The van der Waals surface area contributed by atoms with Crippen LogP contribution in [0.4, 0.5) is 23.5 Å². The van der Waals surface area contributed by atoms with Crippen LogP contribution < -0.4 is 10.6 Å². The second-order valence-electron chi connectivity index (χ2n) is 9.97. The highest BCUT2D eigenvalue weighted by Crippen LogP contribution is 2.54. The van der Waals surface area contributed by atoms with Gasteiger partial charge < -0.3 is 15.5 Å². The third kappa shape index (κ3) is 4.46. The van der Waals surface area contributed by atoms with E-state index in [0.29, 0.717) is 31.1 Å². The average Bonchev–Trinajstić information content (AvgIpc) is 3.50. The first kappa shape index (κ1) is 27.2. The third-order valence-corrected chi connectivity index (χ3v) is 10.3. The summed E-state index contributed by atoms with van der Waals surface area (Å²) in [6, 6.07) is 0.679. The Bertz CT molecular complexity index is 1370. The quantitative estimate of drug-likeness (QED) is 0.509. The molecule has 2 aromatic rings. The summed E-state index contributed by atoms with van der Waals surface area (Å²) in [6.45, 7) is 2.18. The highest BCUT2D eigenvalue weighted by atomic mass is 32.2. The number of nitrogens with zero attached hydrogens (tertiary/aromatic N) is 4. The van der Waals surface area contributed by atoms with E-state index in [1.165, 1.54) is 6.07 Å². The fourth-order valence-corrected chi connectivity index (χ4v) is 7.95. The first-order valence-electron chi connectivity index (χ1n) is 12.2. The smallest absolute Gasteiger partial charge is 0.348 e. The Labute approximate surface area is 221 Å². The molecule has 3 aliphatic heterocycles. The number of nitrogens with one attached hydrogen (secondary N) is 2. The van der Waals surface area contributed by atoms with Gasteiger partial charge in [-0.15, -0.1) is 11.3 Å². The Morgan fingerprint density at radius 3 is 2.63 bits per heavy atom. The first-order chi connectivity index (χ1) is 17.8. The van der Waals surface area contributed by atoms with Gasteiger partial charge in [-0.1, -0.05) is 6.92 Å². The lowest BCUT2D eigenvalue weighted by Crippen LogP contribution is -2.49. The van der Waals surface area contributed by atoms with E-state index in [4.69, 9.17) is 0 Å². The van der Waals surface area contributed by atoms with Gasteiger partial charge in [0.25, 0.3) is 5.91 Å². The topological polar surface area (TPSA) is 108 Å². The van der Waals surface area contributed by atoms with Crippen molar-refractivity contribution in [2.75, 3.05) is 38.3 Å². The number of piperidine rings is 1. The Morgan fingerprint density at radius 2 is 2.03 bits per heavy atom. The number of aromatic nitrogens is 2. The number of alkyl halides is 4. The first-order valence-corrected chi connectivity index (χ1v) is 14.9. The predicted molar refractivity (Wildman–Crippen MR) is 134 cm³/mol. The molecule has 2 unspecified atom stereocenters.